The van der Waals surface area contributed by atoms with Crippen molar-refractivity contribution in [2.45, 2.75) is 26.3 Å². The van der Waals surface area contributed by atoms with Crippen molar-refractivity contribution in [2.24, 2.45) is 10.7 Å². The minimum atomic E-state index is 0. The van der Waals surface area contributed by atoms with Crippen LogP contribution < -0.4 is 11.1 Å². The molecule has 1 aliphatic rings. The molecule has 0 aliphatic carbocycles. The average molecular weight is 452 g/mol. The zero-order chi connectivity index (χ0) is 15.8. The number of nitrogens with two attached hydrogens (primary N) is 1. The predicted molar refractivity (Wildman–Crippen MR) is 104 cm³/mol. The SMILES string of the molecule is CCOCCCNC(N)=NCC(=O)N1CCc2sccc2C1.I. The van der Waals surface area contributed by atoms with Crippen molar-refractivity contribution in [1.82, 2.24) is 10.2 Å². The number of fused-ring (bicyclic) bond motifs is 1. The van der Waals surface area contributed by atoms with E-state index in [1.165, 1.54) is 10.4 Å². The van der Waals surface area contributed by atoms with Crippen LogP contribution in [0, 0.1) is 0 Å². The molecule has 0 saturated carbocycles. The number of amides is 1. The van der Waals surface area contributed by atoms with Gasteiger partial charge in [-0.1, -0.05) is 0 Å². The lowest BCUT2D eigenvalue weighted by molar-refractivity contribution is -0.130. The van der Waals surface area contributed by atoms with Crippen molar-refractivity contribution in [3.05, 3.63) is 21.9 Å². The fourth-order valence-corrected chi connectivity index (χ4v) is 3.19. The van der Waals surface area contributed by atoms with E-state index in [0.29, 0.717) is 25.7 Å². The third-order valence-electron chi connectivity index (χ3n) is 3.52. The summed E-state index contributed by atoms with van der Waals surface area (Å²) >= 11 is 1.77. The van der Waals surface area contributed by atoms with Crippen LogP contribution >= 0.6 is 35.3 Å². The molecular weight excluding hydrogens is 427 g/mol. The maximum absolute atomic E-state index is 12.2. The number of ether oxygens (including phenoxy) is 1. The van der Waals surface area contributed by atoms with Crippen molar-refractivity contribution in [1.29, 1.82) is 0 Å². The Morgan fingerprint density at radius 3 is 3.17 bits per heavy atom. The summed E-state index contributed by atoms with van der Waals surface area (Å²) in [7, 11) is 0. The third-order valence-corrected chi connectivity index (χ3v) is 4.54. The number of hydrogen-bond acceptors (Lipinski definition) is 4. The van der Waals surface area contributed by atoms with Crippen LogP contribution in [0.4, 0.5) is 0 Å². The Labute approximate surface area is 158 Å². The van der Waals surface area contributed by atoms with Crippen molar-refractivity contribution in [3.8, 4) is 0 Å². The van der Waals surface area contributed by atoms with E-state index in [1.807, 2.05) is 11.8 Å². The van der Waals surface area contributed by atoms with Crippen LogP contribution in [0.5, 0.6) is 0 Å². The fraction of sp³-hybridized carbons (Fsp3) is 0.600. The van der Waals surface area contributed by atoms with Crippen LogP contribution in [0.3, 0.4) is 0 Å². The van der Waals surface area contributed by atoms with Gasteiger partial charge in [-0.05, 0) is 36.8 Å². The molecule has 2 rings (SSSR count). The maximum Gasteiger partial charge on any atom is 0.244 e. The average Bonchev–Trinajstić information content (AvgIpc) is 2.99. The van der Waals surface area contributed by atoms with Gasteiger partial charge in [0.1, 0.15) is 6.54 Å². The molecule has 1 amide bonds. The molecule has 0 aromatic carbocycles. The molecule has 130 valence electrons. The summed E-state index contributed by atoms with van der Waals surface area (Å²) in [6.45, 7) is 5.65. The van der Waals surface area contributed by atoms with Crippen LogP contribution in [-0.2, 0) is 22.5 Å². The van der Waals surface area contributed by atoms with Crippen molar-refractivity contribution >= 4 is 47.2 Å². The summed E-state index contributed by atoms with van der Waals surface area (Å²) in [5.41, 5.74) is 7.02. The van der Waals surface area contributed by atoms with Gasteiger partial charge >= 0.3 is 0 Å². The van der Waals surface area contributed by atoms with E-state index >= 15 is 0 Å². The molecular formula is C15H25IN4O2S. The number of halogens is 1. The molecule has 0 unspecified atom stereocenters. The molecule has 23 heavy (non-hydrogen) atoms. The lowest BCUT2D eigenvalue weighted by atomic mass is 10.1. The summed E-state index contributed by atoms with van der Waals surface area (Å²) in [6, 6.07) is 2.09. The van der Waals surface area contributed by atoms with Gasteiger partial charge in [0, 0.05) is 37.7 Å². The molecule has 1 aliphatic heterocycles. The molecule has 0 fully saturated rings. The number of hydrogen-bond donors (Lipinski definition) is 2. The molecule has 0 saturated heterocycles. The molecule has 6 nitrogen and oxygen atoms in total. The van der Waals surface area contributed by atoms with E-state index in [9.17, 15) is 4.79 Å². The van der Waals surface area contributed by atoms with E-state index in [-0.39, 0.29) is 36.4 Å². The highest BCUT2D eigenvalue weighted by molar-refractivity contribution is 14.0. The number of thiophene rings is 1. The molecule has 3 N–H and O–H groups in total. The smallest absolute Gasteiger partial charge is 0.244 e. The first kappa shape index (κ1) is 20.2. The molecule has 1 aromatic heterocycles. The van der Waals surface area contributed by atoms with E-state index < -0.39 is 0 Å². The van der Waals surface area contributed by atoms with Crippen LogP contribution in [0.1, 0.15) is 23.8 Å². The van der Waals surface area contributed by atoms with E-state index in [4.69, 9.17) is 10.5 Å². The highest BCUT2D eigenvalue weighted by atomic mass is 127. The predicted octanol–water partition coefficient (Wildman–Crippen LogP) is 1.58. The first-order valence-corrected chi connectivity index (χ1v) is 8.53. The lowest BCUT2D eigenvalue weighted by Gasteiger charge is -2.26. The largest absolute Gasteiger partial charge is 0.382 e. The Hall–Kier alpha value is -0.870. The summed E-state index contributed by atoms with van der Waals surface area (Å²) in [4.78, 5) is 19.5. The second-order valence-electron chi connectivity index (χ2n) is 5.11. The van der Waals surface area contributed by atoms with Crippen molar-refractivity contribution in [2.75, 3.05) is 32.8 Å². The number of rotatable bonds is 7. The van der Waals surface area contributed by atoms with Gasteiger partial charge in [0.05, 0.1) is 0 Å². The van der Waals surface area contributed by atoms with Gasteiger partial charge < -0.3 is 20.7 Å². The molecule has 8 heteroatoms. The van der Waals surface area contributed by atoms with Crippen LogP contribution in [0.15, 0.2) is 16.4 Å². The quantitative estimate of drug-likeness (QED) is 0.285. The Morgan fingerprint density at radius 2 is 2.39 bits per heavy atom. The summed E-state index contributed by atoms with van der Waals surface area (Å²) < 4.78 is 5.23. The van der Waals surface area contributed by atoms with Gasteiger partial charge in [0.15, 0.2) is 5.96 Å². The second-order valence-corrected chi connectivity index (χ2v) is 6.11. The van der Waals surface area contributed by atoms with Gasteiger partial charge in [-0.3, -0.25) is 4.79 Å². The van der Waals surface area contributed by atoms with Gasteiger partial charge in [-0.15, -0.1) is 35.3 Å². The number of guanidine groups is 1. The van der Waals surface area contributed by atoms with E-state index in [1.54, 1.807) is 11.3 Å². The Kier molecular flexibility index (Phi) is 9.49. The first-order chi connectivity index (χ1) is 10.7. The van der Waals surface area contributed by atoms with Crippen LogP contribution in [-0.4, -0.2) is 49.6 Å². The highest BCUT2D eigenvalue weighted by Crippen LogP contribution is 2.23. The molecule has 0 atom stereocenters. The highest BCUT2D eigenvalue weighted by Gasteiger charge is 2.20. The van der Waals surface area contributed by atoms with Crippen molar-refractivity contribution in [3.63, 3.8) is 0 Å². The summed E-state index contributed by atoms with van der Waals surface area (Å²) in [6.07, 6.45) is 1.80. The molecule has 0 bridgehead atoms. The molecule has 1 aromatic rings. The van der Waals surface area contributed by atoms with Crippen LogP contribution in [0.2, 0.25) is 0 Å². The van der Waals surface area contributed by atoms with E-state index in [2.05, 4.69) is 21.8 Å². The number of nitrogens with zero attached hydrogens (tertiary/aromatic N) is 2. The standard InChI is InChI=1S/C15H24N4O2S.HI/c1-2-21-8-3-6-17-15(16)18-10-14(20)19-7-4-13-12(11-19)5-9-22-13;/h5,9H,2-4,6-8,10-11H2,1H3,(H3,16,17,18);1H. The van der Waals surface area contributed by atoms with Gasteiger partial charge in [0.25, 0.3) is 0 Å². The van der Waals surface area contributed by atoms with Crippen molar-refractivity contribution < 1.29 is 9.53 Å². The number of carbonyl (C=O) groups excluding carboxylic acids is 1. The monoisotopic (exact) mass is 452 g/mol. The molecule has 2 heterocycles. The van der Waals surface area contributed by atoms with Crippen LogP contribution in [0.25, 0.3) is 0 Å². The molecule has 0 spiro atoms. The normalized spacial score (nSPS) is 14.1. The van der Waals surface area contributed by atoms with Gasteiger partial charge in [-0.2, -0.15) is 0 Å². The number of aliphatic imine (C=N–C) groups is 1. The minimum Gasteiger partial charge on any atom is -0.382 e. The summed E-state index contributed by atoms with van der Waals surface area (Å²) in [5, 5.41) is 5.07. The van der Waals surface area contributed by atoms with E-state index in [0.717, 1.165) is 26.0 Å². The number of carbonyl (C=O) groups is 1. The Bertz CT molecular complexity index is 521. The summed E-state index contributed by atoms with van der Waals surface area (Å²) in [5.74, 6) is 0.342. The molecule has 0 radical (unpaired) electrons. The Balaban J connectivity index is 0.00000264. The number of nitrogens with one attached hydrogen (secondary N) is 1. The third kappa shape index (κ3) is 6.64. The maximum atomic E-state index is 12.2. The Morgan fingerprint density at radius 1 is 1.57 bits per heavy atom. The van der Waals surface area contributed by atoms with Gasteiger partial charge in [0.2, 0.25) is 5.91 Å². The van der Waals surface area contributed by atoms with Gasteiger partial charge in [-0.25, -0.2) is 4.99 Å². The lowest BCUT2D eigenvalue weighted by Crippen LogP contribution is -2.38. The second kappa shape index (κ2) is 10.8. The fourth-order valence-electron chi connectivity index (χ4n) is 2.31. The minimum absolute atomic E-state index is 0. The zero-order valence-electron chi connectivity index (χ0n) is 13.4. The first-order valence-electron chi connectivity index (χ1n) is 7.65. The zero-order valence-corrected chi connectivity index (χ0v) is 16.6. The topological polar surface area (TPSA) is 80.0 Å².